The normalized spacial score (nSPS) is 28.1. The molecule has 0 aromatic carbocycles. The first-order chi connectivity index (χ1) is 7.33. The summed E-state index contributed by atoms with van der Waals surface area (Å²) in [5.41, 5.74) is 6.01. The highest BCUT2D eigenvalue weighted by Gasteiger charge is 2.28. The molecule has 1 aliphatic heterocycles. The summed E-state index contributed by atoms with van der Waals surface area (Å²) in [7, 11) is 0. The van der Waals surface area contributed by atoms with E-state index in [2.05, 4.69) is 24.4 Å². The van der Waals surface area contributed by atoms with Crippen molar-refractivity contribution in [3.8, 4) is 0 Å². The van der Waals surface area contributed by atoms with Gasteiger partial charge < -0.3 is 15.8 Å². The SMILES string of the molecule is C/C=C/CCNC1(CN)CCCOCC1. The largest absolute Gasteiger partial charge is 0.381 e. The van der Waals surface area contributed by atoms with E-state index in [4.69, 9.17) is 10.5 Å². The molecule has 88 valence electrons. The Morgan fingerprint density at radius 2 is 2.27 bits per heavy atom. The molecule has 1 unspecified atom stereocenters. The van der Waals surface area contributed by atoms with Gasteiger partial charge in [0.2, 0.25) is 0 Å². The molecule has 1 heterocycles. The Bertz CT molecular complexity index is 184. The van der Waals surface area contributed by atoms with Crippen molar-refractivity contribution in [2.24, 2.45) is 5.73 Å². The van der Waals surface area contributed by atoms with E-state index in [1.165, 1.54) is 0 Å². The zero-order chi connectivity index (χ0) is 11.0. The second-order valence-electron chi connectivity index (χ2n) is 4.23. The molecule has 0 aromatic rings. The molecule has 3 heteroatoms. The van der Waals surface area contributed by atoms with Gasteiger partial charge in [-0.1, -0.05) is 12.2 Å². The minimum atomic E-state index is 0.123. The molecule has 1 rings (SSSR count). The first-order valence-electron chi connectivity index (χ1n) is 5.97. The summed E-state index contributed by atoms with van der Waals surface area (Å²) >= 11 is 0. The fourth-order valence-electron chi connectivity index (χ4n) is 2.05. The van der Waals surface area contributed by atoms with Crippen LogP contribution < -0.4 is 11.1 Å². The Labute approximate surface area is 93.1 Å². The molecule has 0 bridgehead atoms. The zero-order valence-electron chi connectivity index (χ0n) is 9.80. The summed E-state index contributed by atoms with van der Waals surface area (Å²) < 4.78 is 5.47. The van der Waals surface area contributed by atoms with Crippen LogP contribution in [0.1, 0.15) is 32.6 Å². The van der Waals surface area contributed by atoms with Gasteiger partial charge in [-0.05, 0) is 39.2 Å². The van der Waals surface area contributed by atoms with E-state index in [0.717, 1.165) is 45.4 Å². The minimum Gasteiger partial charge on any atom is -0.381 e. The lowest BCUT2D eigenvalue weighted by atomic mass is 9.90. The Balaban J connectivity index is 2.36. The summed E-state index contributed by atoms with van der Waals surface area (Å²) in [4.78, 5) is 0. The average molecular weight is 212 g/mol. The van der Waals surface area contributed by atoms with Crippen molar-refractivity contribution >= 4 is 0 Å². The van der Waals surface area contributed by atoms with Crippen molar-refractivity contribution in [2.45, 2.75) is 38.1 Å². The van der Waals surface area contributed by atoms with E-state index < -0.39 is 0 Å². The monoisotopic (exact) mass is 212 g/mol. The fourth-order valence-corrected chi connectivity index (χ4v) is 2.05. The number of rotatable bonds is 5. The maximum absolute atomic E-state index is 5.89. The van der Waals surface area contributed by atoms with Gasteiger partial charge >= 0.3 is 0 Å². The van der Waals surface area contributed by atoms with Crippen molar-refractivity contribution < 1.29 is 4.74 Å². The van der Waals surface area contributed by atoms with Gasteiger partial charge in [0.15, 0.2) is 0 Å². The van der Waals surface area contributed by atoms with Gasteiger partial charge in [-0.2, -0.15) is 0 Å². The van der Waals surface area contributed by atoms with Gasteiger partial charge in [0, 0.05) is 25.3 Å². The molecule has 0 amide bonds. The van der Waals surface area contributed by atoms with Crippen LogP contribution in [0.4, 0.5) is 0 Å². The molecule has 0 aliphatic carbocycles. The van der Waals surface area contributed by atoms with Crippen molar-refractivity contribution in [1.82, 2.24) is 5.32 Å². The lowest BCUT2D eigenvalue weighted by Gasteiger charge is -2.32. The van der Waals surface area contributed by atoms with Crippen molar-refractivity contribution in [2.75, 3.05) is 26.3 Å². The minimum absolute atomic E-state index is 0.123. The molecular weight excluding hydrogens is 188 g/mol. The van der Waals surface area contributed by atoms with Crippen molar-refractivity contribution in [1.29, 1.82) is 0 Å². The van der Waals surface area contributed by atoms with Gasteiger partial charge in [0.1, 0.15) is 0 Å². The maximum atomic E-state index is 5.89. The molecule has 0 radical (unpaired) electrons. The molecule has 1 fully saturated rings. The Kier molecular flexibility index (Phi) is 5.91. The number of nitrogens with one attached hydrogen (secondary N) is 1. The van der Waals surface area contributed by atoms with Gasteiger partial charge in [-0.15, -0.1) is 0 Å². The number of hydrogen-bond acceptors (Lipinski definition) is 3. The second kappa shape index (κ2) is 6.99. The van der Waals surface area contributed by atoms with Crippen LogP contribution in [0.5, 0.6) is 0 Å². The van der Waals surface area contributed by atoms with E-state index in [1.807, 2.05) is 0 Å². The first-order valence-corrected chi connectivity index (χ1v) is 5.97. The second-order valence-corrected chi connectivity index (χ2v) is 4.23. The topological polar surface area (TPSA) is 47.3 Å². The summed E-state index contributed by atoms with van der Waals surface area (Å²) in [6.07, 6.45) is 8.66. The summed E-state index contributed by atoms with van der Waals surface area (Å²) in [5.74, 6) is 0. The predicted molar refractivity (Wildman–Crippen MR) is 63.9 cm³/mol. The molecule has 3 N–H and O–H groups in total. The third-order valence-electron chi connectivity index (χ3n) is 3.11. The molecular formula is C12H24N2O. The average Bonchev–Trinajstić information content (AvgIpc) is 2.51. The van der Waals surface area contributed by atoms with Crippen molar-refractivity contribution in [3.05, 3.63) is 12.2 Å². The highest BCUT2D eigenvalue weighted by molar-refractivity contribution is 4.91. The highest BCUT2D eigenvalue weighted by Crippen LogP contribution is 2.20. The lowest BCUT2D eigenvalue weighted by molar-refractivity contribution is 0.137. The third kappa shape index (κ3) is 4.33. The van der Waals surface area contributed by atoms with Crippen LogP contribution >= 0.6 is 0 Å². The molecule has 1 atom stereocenters. The number of hydrogen-bond donors (Lipinski definition) is 2. The number of ether oxygens (including phenoxy) is 1. The van der Waals surface area contributed by atoms with Crippen LogP contribution in [-0.2, 0) is 4.74 Å². The smallest absolute Gasteiger partial charge is 0.0484 e. The number of nitrogens with two attached hydrogens (primary N) is 1. The molecule has 3 nitrogen and oxygen atoms in total. The highest BCUT2D eigenvalue weighted by atomic mass is 16.5. The van der Waals surface area contributed by atoms with Crippen LogP contribution in [-0.4, -0.2) is 31.8 Å². The molecule has 0 aromatic heterocycles. The van der Waals surface area contributed by atoms with Gasteiger partial charge in [0.25, 0.3) is 0 Å². The van der Waals surface area contributed by atoms with Gasteiger partial charge in [-0.25, -0.2) is 0 Å². The number of allylic oxidation sites excluding steroid dienone is 1. The van der Waals surface area contributed by atoms with E-state index in [1.54, 1.807) is 0 Å². The summed E-state index contributed by atoms with van der Waals surface area (Å²) in [6, 6.07) is 0. The maximum Gasteiger partial charge on any atom is 0.0484 e. The van der Waals surface area contributed by atoms with E-state index >= 15 is 0 Å². The van der Waals surface area contributed by atoms with E-state index in [-0.39, 0.29) is 5.54 Å². The molecule has 0 spiro atoms. The molecule has 0 saturated carbocycles. The summed E-state index contributed by atoms with van der Waals surface area (Å²) in [5, 5.41) is 3.60. The lowest BCUT2D eigenvalue weighted by Crippen LogP contribution is -2.51. The first kappa shape index (κ1) is 12.7. The van der Waals surface area contributed by atoms with Gasteiger partial charge in [-0.3, -0.25) is 0 Å². The van der Waals surface area contributed by atoms with Crippen LogP contribution in [0, 0.1) is 0 Å². The van der Waals surface area contributed by atoms with E-state index in [0.29, 0.717) is 6.54 Å². The predicted octanol–water partition coefficient (Wildman–Crippen LogP) is 1.44. The fraction of sp³-hybridized carbons (Fsp3) is 0.833. The third-order valence-corrected chi connectivity index (χ3v) is 3.11. The Hall–Kier alpha value is -0.380. The Morgan fingerprint density at radius 3 is 3.00 bits per heavy atom. The van der Waals surface area contributed by atoms with E-state index in [9.17, 15) is 0 Å². The van der Waals surface area contributed by atoms with Crippen LogP contribution in [0.2, 0.25) is 0 Å². The zero-order valence-corrected chi connectivity index (χ0v) is 9.80. The van der Waals surface area contributed by atoms with Crippen molar-refractivity contribution in [3.63, 3.8) is 0 Å². The molecule has 1 aliphatic rings. The van der Waals surface area contributed by atoms with Crippen LogP contribution in [0.15, 0.2) is 12.2 Å². The standard InChI is InChI=1S/C12H24N2O/c1-2-3-4-8-14-12(11-13)6-5-9-15-10-7-12/h2-3,14H,4-11,13H2,1H3/b3-2+. The van der Waals surface area contributed by atoms with Crippen LogP contribution in [0.3, 0.4) is 0 Å². The van der Waals surface area contributed by atoms with Gasteiger partial charge in [0.05, 0.1) is 0 Å². The van der Waals surface area contributed by atoms with Crippen LogP contribution in [0.25, 0.3) is 0 Å². The summed E-state index contributed by atoms with van der Waals surface area (Å²) in [6.45, 7) is 5.51. The Morgan fingerprint density at radius 1 is 1.40 bits per heavy atom. The molecule has 15 heavy (non-hydrogen) atoms. The quantitative estimate of drug-likeness (QED) is 0.535. The molecule has 1 saturated heterocycles.